The van der Waals surface area contributed by atoms with Gasteiger partial charge in [0.15, 0.2) is 11.6 Å². The fourth-order valence-corrected chi connectivity index (χ4v) is 5.78. The number of nitrogens with zero attached hydrogens (tertiary/aromatic N) is 4. The quantitative estimate of drug-likeness (QED) is 0.569. The van der Waals surface area contributed by atoms with E-state index in [1.165, 1.54) is 10.5 Å². The monoisotopic (exact) mass is 488 g/mol. The van der Waals surface area contributed by atoms with Crippen molar-refractivity contribution in [3.05, 3.63) is 70.5 Å². The van der Waals surface area contributed by atoms with E-state index in [2.05, 4.69) is 25.6 Å². The third-order valence-electron chi connectivity index (χ3n) is 5.91. The Bertz CT molecular complexity index is 1300. The van der Waals surface area contributed by atoms with Gasteiger partial charge in [-0.25, -0.2) is 32.1 Å². The maximum atomic E-state index is 14.4. The fraction of sp³-hybridized carbons (Fsp3) is 0.318. The number of fused-ring (bicyclic) bond motifs is 1. The molecule has 0 aliphatic carbocycles. The smallest absolute Gasteiger partial charge is 0.265 e. The van der Waals surface area contributed by atoms with Crippen LogP contribution in [0.4, 0.5) is 16.0 Å². The molecule has 3 aromatic rings. The maximum absolute atomic E-state index is 14.4. The van der Waals surface area contributed by atoms with Crippen LogP contribution in [0.2, 0.25) is 5.02 Å². The van der Waals surface area contributed by atoms with Crippen LogP contribution < -0.4 is 14.9 Å². The summed E-state index contributed by atoms with van der Waals surface area (Å²) in [5.41, 5.74) is 1.54. The third-order valence-corrected chi connectivity index (χ3v) is 7.88. The molecule has 8 nitrogen and oxygen atoms in total. The zero-order valence-electron chi connectivity index (χ0n) is 17.8. The predicted octanol–water partition coefficient (Wildman–Crippen LogP) is 3.09. The van der Waals surface area contributed by atoms with Crippen molar-refractivity contribution >= 4 is 33.3 Å². The first-order chi connectivity index (χ1) is 15.8. The molecule has 1 saturated heterocycles. The van der Waals surface area contributed by atoms with Crippen molar-refractivity contribution in [3.8, 4) is 0 Å². The molecule has 172 valence electrons. The minimum atomic E-state index is -3.89. The van der Waals surface area contributed by atoms with Crippen LogP contribution in [0.3, 0.4) is 0 Å². The number of aromatic nitrogens is 3. The van der Waals surface area contributed by atoms with Crippen molar-refractivity contribution in [2.45, 2.75) is 30.2 Å². The van der Waals surface area contributed by atoms with E-state index in [0.717, 1.165) is 24.7 Å². The van der Waals surface area contributed by atoms with Gasteiger partial charge < -0.3 is 10.6 Å². The molecular weight excluding hydrogens is 467 g/mol. The number of anilines is 2. The predicted molar refractivity (Wildman–Crippen MR) is 124 cm³/mol. The molecule has 2 aliphatic rings. The molecule has 0 bridgehead atoms. The van der Waals surface area contributed by atoms with Crippen LogP contribution in [-0.4, -0.2) is 49.0 Å². The summed E-state index contributed by atoms with van der Waals surface area (Å²) in [6.45, 7) is 3.49. The van der Waals surface area contributed by atoms with Gasteiger partial charge in [-0.1, -0.05) is 29.3 Å². The van der Waals surface area contributed by atoms with Crippen molar-refractivity contribution in [3.63, 3.8) is 0 Å². The van der Waals surface area contributed by atoms with Crippen LogP contribution in [0.5, 0.6) is 0 Å². The molecule has 2 aromatic heterocycles. The first-order valence-corrected chi connectivity index (χ1v) is 12.4. The Morgan fingerprint density at radius 3 is 2.73 bits per heavy atom. The highest BCUT2D eigenvalue weighted by atomic mass is 35.5. The van der Waals surface area contributed by atoms with Crippen LogP contribution in [-0.2, 0) is 10.0 Å². The van der Waals surface area contributed by atoms with Gasteiger partial charge in [0.1, 0.15) is 11.6 Å². The Balaban J connectivity index is 1.53. The highest BCUT2D eigenvalue weighted by Crippen LogP contribution is 2.41. The van der Waals surface area contributed by atoms with Crippen LogP contribution in [0.25, 0.3) is 0 Å². The fourth-order valence-electron chi connectivity index (χ4n) is 4.15. The topological polar surface area (TPSA) is 100 Å². The van der Waals surface area contributed by atoms with Gasteiger partial charge in [-0.3, -0.25) is 0 Å². The van der Waals surface area contributed by atoms with E-state index < -0.39 is 21.8 Å². The molecule has 0 saturated carbocycles. The van der Waals surface area contributed by atoms with E-state index in [4.69, 9.17) is 11.6 Å². The summed E-state index contributed by atoms with van der Waals surface area (Å²) in [5, 5.41) is 6.70. The first kappa shape index (κ1) is 22.0. The van der Waals surface area contributed by atoms with E-state index in [-0.39, 0.29) is 29.1 Å². The summed E-state index contributed by atoms with van der Waals surface area (Å²) in [4.78, 5) is 13.1. The second-order valence-electron chi connectivity index (χ2n) is 8.23. The van der Waals surface area contributed by atoms with Crippen LogP contribution in [0.15, 0.2) is 47.6 Å². The molecule has 5 rings (SSSR count). The van der Waals surface area contributed by atoms with Crippen molar-refractivity contribution < 1.29 is 12.8 Å². The van der Waals surface area contributed by atoms with Gasteiger partial charge in [0.25, 0.3) is 10.0 Å². The summed E-state index contributed by atoms with van der Waals surface area (Å²) in [6.07, 6.45) is 3.38. The van der Waals surface area contributed by atoms with Crippen molar-refractivity contribution in [2.75, 3.05) is 29.3 Å². The summed E-state index contributed by atoms with van der Waals surface area (Å²) >= 11 is 6.19. The van der Waals surface area contributed by atoms with E-state index in [9.17, 15) is 12.8 Å². The Morgan fingerprint density at radius 2 is 2.00 bits per heavy atom. The van der Waals surface area contributed by atoms with Gasteiger partial charge in [-0.15, -0.1) is 0 Å². The summed E-state index contributed by atoms with van der Waals surface area (Å²) < 4.78 is 42.6. The molecule has 0 radical (unpaired) electrons. The van der Waals surface area contributed by atoms with E-state index in [0.29, 0.717) is 23.0 Å². The molecular formula is C22H22ClFN6O2S. The van der Waals surface area contributed by atoms with E-state index >= 15 is 0 Å². The SMILES string of the molecule is Cc1ccc(S(=O)(=O)N2CC(c3ncc(F)c(N[C@H]4CCNC4)n3)c3cc(Cl)cnc32)cc1. The highest BCUT2D eigenvalue weighted by Gasteiger charge is 2.40. The second kappa shape index (κ2) is 8.51. The average Bonchev–Trinajstić information content (AvgIpc) is 3.43. The lowest BCUT2D eigenvalue weighted by molar-refractivity contribution is 0.588. The van der Waals surface area contributed by atoms with E-state index in [1.807, 2.05) is 6.92 Å². The lowest BCUT2D eigenvalue weighted by Gasteiger charge is -2.19. The molecule has 11 heteroatoms. The van der Waals surface area contributed by atoms with E-state index in [1.54, 1.807) is 30.3 Å². The van der Waals surface area contributed by atoms with Gasteiger partial charge in [0.2, 0.25) is 0 Å². The average molecular weight is 489 g/mol. The minimum absolute atomic E-state index is 0.0366. The second-order valence-corrected chi connectivity index (χ2v) is 10.5. The standard InChI is InChI=1S/C22H22ClFN6O2S/c1-13-2-4-16(5-3-13)33(31,32)30-12-18(17-8-14(23)9-27-22(17)30)20-26-11-19(24)21(29-20)28-15-6-7-25-10-15/h2-5,8-9,11,15,18,25H,6-7,10,12H2,1H3,(H,26,28,29)/t15-,18?/m0/s1. The zero-order chi connectivity index (χ0) is 23.2. The normalized spacial score (nSPS) is 20.2. The van der Waals surface area contributed by atoms with Gasteiger partial charge >= 0.3 is 0 Å². The Labute approximate surface area is 196 Å². The number of pyridine rings is 1. The number of benzene rings is 1. The van der Waals surface area contributed by atoms with Gasteiger partial charge in [0, 0.05) is 24.3 Å². The highest BCUT2D eigenvalue weighted by molar-refractivity contribution is 7.92. The van der Waals surface area contributed by atoms with Gasteiger partial charge in [0.05, 0.1) is 28.6 Å². The van der Waals surface area contributed by atoms with Crippen molar-refractivity contribution in [2.24, 2.45) is 0 Å². The molecule has 1 fully saturated rings. The lowest BCUT2D eigenvalue weighted by atomic mass is 10.0. The molecule has 2 aliphatic heterocycles. The van der Waals surface area contributed by atoms with Crippen LogP contribution in [0, 0.1) is 12.7 Å². The number of sulfonamides is 1. The Morgan fingerprint density at radius 1 is 1.21 bits per heavy atom. The third kappa shape index (κ3) is 4.14. The van der Waals surface area contributed by atoms with Crippen LogP contribution in [0.1, 0.15) is 29.3 Å². The van der Waals surface area contributed by atoms with Gasteiger partial charge in [-0.05, 0) is 38.1 Å². The molecule has 2 N–H and O–H groups in total. The number of aryl methyl sites for hydroxylation is 1. The molecule has 0 spiro atoms. The number of hydrogen-bond acceptors (Lipinski definition) is 7. The number of rotatable bonds is 5. The summed E-state index contributed by atoms with van der Waals surface area (Å²) in [5.74, 6) is -0.430. The molecule has 0 amide bonds. The number of hydrogen-bond donors (Lipinski definition) is 2. The summed E-state index contributed by atoms with van der Waals surface area (Å²) in [7, 11) is -3.89. The molecule has 1 unspecified atom stereocenters. The lowest BCUT2D eigenvalue weighted by Crippen LogP contribution is -2.31. The maximum Gasteiger partial charge on any atom is 0.265 e. The molecule has 33 heavy (non-hydrogen) atoms. The minimum Gasteiger partial charge on any atom is -0.363 e. The summed E-state index contributed by atoms with van der Waals surface area (Å²) in [6, 6.07) is 8.36. The van der Waals surface area contributed by atoms with Crippen molar-refractivity contribution in [1.29, 1.82) is 0 Å². The first-order valence-electron chi connectivity index (χ1n) is 10.6. The number of halogens is 2. The number of nitrogens with one attached hydrogen (secondary N) is 2. The molecule has 2 atom stereocenters. The zero-order valence-corrected chi connectivity index (χ0v) is 19.4. The van der Waals surface area contributed by atoms with Crippen LogP contribution >= 0.6 is 11.6 Å². The molecule has 4 heterocycles. The largest absolute Gasteiger partial charge is 0.363 e. The van der Waals surface area contributed by atoms with Crippen molar-refractivity contribution in [1.82, 2.24) is 20.3 Å². The molecule has 1 aromatic carbocycles. The Kier molecular flexibility index (Phi) is 5.67. The van der Waals surface area contributed by atoms with Gasteiger partial charge in [-0.2, -0.15) is 0 Å². The Hall–Kier alpha value is -2.82.